The highest BCUT2D eigenvalue weighted by atomic mass is 16.5. The van der Waals surface area contributed by atoms with Crippen LogP contribution in [0.1, 0.15) is 75.1 Å². The summed E-state index contributed by atoms with van der Waals surface area (Å²) < 4.78 is 12.2. The molecule has 3 aliphatic rings. The van der Waals surface area contributed by atoms with Crippen LogP contribution in [0.15, 0.2) is 86.0 Å². The number of benzene rings is 2. The monoisotopic (exact) mass is 671 g/mol. The van der Waals surface area contributed by atoms with Crippen LogP contribution in [0.2, 0.25) is 0 Å². The highest BCUT2D eigenvalue weighted by molar-refractivity contribution is 5.99. The van der Waals surface area contributed by atoms with E-state index in [-0.39, 0.29) is 24.8 Å². The third-order valence-electron chi connectivity index (χ3n) is 10.1. The van der Waals surface area contributed by atoms with Gasteiger partial charge in [0, 0.05) is 19.5 Å². The second-order valence-electron chi connectivity index (χ2n) is 13.2. The lowest BCUT2D eigenvalue weighted by atomic mass is 9.70. The lowest BCUT2D eigenvalue weighted by Crippen LogP contribution is -2.57. The molecule has 10 nitrogen and oxygen atoms in total. The van der Waals surface area contributed by atoms with Crippen molar-refractivity contribution in [1.29, 1.82) is 0 Å². The van der Waals surface area contributed by atoms with Crippen LogP contribution in [0.3, 0.4) is 0 Å². The maximum atomic E-state index is 14.8. The molecule has 0 aromatic heterocycles. The van der Waals surface area contributed by atoms with Crippen molar-refractivity contribution in [2.24, 2.45) is 11.8 Å². The molecule has 0 radical (unpaired) electrons. The van der Waals surface area contributed by atoms with Gasteiger partial charge in [0.2, 0.25) is 17.7 Å². The maximum Gasteiger partial charge on any atom is 0.306 e. The number of allylic oxidation sites excluding steroid dienone is 1. The summed E-state index contributed by atoms with van der Waals surface area (Å²) in [4.78, 5) is 59.4. The largest absolute Gasteiger partial charge is 0.463 e. The summed E-state index contributed by atoms with van der Waals surface area (Å²) in [6, 6.07) is 15.9. The zero-order chi connectivity index (χ0) is 35.0. The van der Waals surface area contributed by atoms with Crippen LogP contribution in [0, 0.1) is 11.8 Å². The Bertz CT molecular complexity index is 1480. The molecule has 3 amide bonds. The molecule has 10 heteroatoms. The molecular weight excluding hydrogens is 622 g/mol. The van der Waals surface area contributed by atoms with Gasteiger partial charge < -0.3 is 29.7 Å². The van der Waals surface area contributed by atoms with Crippen molar-refractivity contribution in [2.45, 2.75) is 81.7 Å². The topological polar surface area (TPSA) is 125 Å². The van der Waals surface area contributed by atoms with Crippen molar-refractivity contribution in [3.8, 4) is 0 Å². The van der Waals surface area contributed by atoms with E-state index in [9.17, 15) is 24.3 Å². The first kappa shape index (κ1) is 36.0. The quantitative estimate of drug-likeness (QED) is 0.134. The number of likely N-dealkylation sites (tertiary alicyclic amines) is 1. The zero-order valence-electron chi connectivity index (χ0n) is 28.4. The number of ether oxygens (including phenoxy) is 2. The van der Waals surface area contributed by atoms with Crippen molar-refractivity contribution in [2.75, 3.05) is 26.3 Å². The lowest BCUT2D eigenvalue weighted by molar-refractivity contribution is -0.151. The van der Waals surface area contributed by atoms with E-state index in [0.29, 0.717) is 37.9 Å². The number of hydrogen-bond acceptors (Lipinski definition) is 7. The van der Waals surface area contributed by atoms with E-state index in [1.807, 2.05) is 60.7 Å². The lowest BCUT2D eigenvalue weighted by Gasteiger charge is -2.39. The zero-order valence-corrected chi connectivity index (χ0v) is 28.4. The molecule has 7 atom stereocenters. The van der Waals surface area contributed by atoms with Gasteiger partial charge >= 0.3 is 5.97 Å². The van der Waals surface area contributed by atoms with Gasteiger partial charge in [0.05, 0.1) is 36.6 Å². The van der Waals surface area contributed by atoms with E-state index in [2.05, 4.69) is 25.4 Å². The van der Waals surface area contributed by atoms with E-state index in [1.54, 1.807) is 17.1 Å². The predicted molar refractivity (Wildman–Crippen MR) is 185 cm³/mol. The number of nitrogens with one attached hydrogen (secondary N) is 1. The van der Waals surface area contributed by atoms with Gasteiger partial charge in [0.25, 0.3) is 0 Å². The van der Waals surface area contributed by atoms with Gasteiger partial charge in [0.1, 0.15) is 18.2 Å². The molecule has 5 rings (SSSR count). The van der Waals surface area contributed by atoms with Crippen LogP contribution in [-0.4, -0.2) is 82.6 Å². The van der Waals surface area contributed by atoms with Gasteiger partial charge in [-0.15, -0.1) is 13.2 Å². The SMILES string of the molecule is C=CCCC(=O)OC[C@H](NC(=O)[C@@H]1[C@@H]2CC[C@]3(O2)[C@H](C(=O)N(CC=C)CCCCC)N([C@H](CO)c2ccccc2)C(=O)[C@@H]13)c1ccccc1. The molecule has 0 saturated carbocycles. The third-order valence-corrected chi connectivity index (χ3v) is 10.1. The molecule has 2 aromatic carbocycles. The van der Waals surface area contributed by atoms with Gasteiger partial charge in [-0.2, -0.15) is 0 Å². The summed E-state index contributed by atoms with van der Waals surface area (Å²) in [5.41, 5.74) is 0.189. The minimum absolute atomic E-state index is 0.0875. The molecule has 3 heterocycles. The van der Waals surface area contributed by atoms with Crippen molar-refractivity contribution in [1.82, 2.24) is 15.1 Å². The predicted octanol–water partition coefficient (Wildman–Crippen LogP) is 4.67. The molecule has 262 valence electrons. The average molecular weight is 672 g/mol. The molecule has 0 unspecified atom stereocenters. The number of carbonyl (C=O) groups excluding carboxylic acids is 4. The minimum Gasteiger partial charge on any atom is -0.463 e. The van der Waals surface area contributed by atoms with Crippen molar-refractivity contribution in [3.63, 3.8) is 0 Å². The Hall–Kier alpha value is -4.28. The highest BCUT2D eigenvalue weighted by Gasteiger charge is 2.75. The van der Waals surface area contributed by atoms with Gasteiger partial charge in [-0.05, 0) is 36.8 Å². The number of rotatable bonds is 18. The molecule has 3 fully saturated rings. The summed E-state index contributed by atoms with van der Waals surface area (Å²) >= 11 is 0. The first-order chi connectivity index (χ1) is 23.8. The second kappa shape index (κ2) is 16.4. The van der Waals surface area contributed by atoms with E-state index in [4.69, 9.17) is 9.47 Å². The molecule has 3 saturated heterocycles. The van der Waals surface area contributed by atoms with E-state index >= 15 is 0 Å². The third kappa shape index (κ3) is 7.35. The molecule has 2 N–H and O–H groups in total. The van der Waals surface area contributed by atoms with Gasteiger partial charge in [0.15, 0.2) is 0 Å². The number of carbonyl (C=O) groups is 4. The average Bonchev–Trinajstić information content (AvgIpc) is 3.77. The summed E-state index contributed by atoms with van der Waals surface area (Å²) in [5.74, 6) is -3.28. The molecule has 3 aliphatic heterocycles. The number of esters is 1. The number of unbranched alkanes of at least 4 members (excludes halogenated alkanes) is 2. The van der Waals surface area contributed by atoms with Crippen LogP contribution >= 0.6 is 0 Å². The van der Waals surface area contributed by atoms with E-state index in [0.717, 1.165) is 24.8 Å². The normalized spacial score (nSPS) is 24.9. The molecule has 2 bridgehead atoms. The van der Waals surface area contributed by atoms with Crippen LogP contribution in [-0.2, 0) is 28.7 Å². The van der Waals surface area contributed by atoms with Crippen molar-refractivity contribution < 1.29 is 33.8 Å². The standard InChI is InChI=1S/C39H49N3O7/c1-4-7-15-24-41(23-6-3)38(47)35-39-22-21-31(49-39)33(34(39)37(46)42(35)30(25-43)28-18-13-10-14-19-28)36(45)40-29(27-16-11-9-12-17-27)26-48-32(44)20-8-5-2/h5-6,9-14,16-19,29-31,33-35,43H,2-4,7-8,15,20-26H2,1H3,(H,40,45)/t29-,30+,31-,33+,34+,35-,39+/m0/s1. The number of nitrogens with zero attached hydrogens (tertiary/aromatic N) is 2. The van der Waals surface area contributed by atoms with Crippen LogP contribution in [0.5, 0.6) is 0 Å². The smallest absolute Gasteiger partial charge is 0.306 e. The Morgan fingerprint density at radius 2 is 1.78 bits per heavy atom. The van der Waals surface area contributed by atoms with E-state index < -0.39 is 60.1 Å². The molecule has 1 spiro atoms. The molecule has 2 aromatic rings. The molecule has 49 heavy (non-hydrogen) atoms. The first-order valence-electron chi connectivity index (χ1n) is 17.5. The second-order valence-corrected chi connectivity index (χ2v) is 13.2. The minimum atomic E-state index is -1.24. The van der Waals surface area contributed by atoms with Crippen molar-refractivity contribution in [3.05, 3.63) is 97.1 Å². The summed E-state index contributed by atoms with van der Waals surface area (Å²) in [5, 5.41) is 13.8. The Morgan fingerprint density at radius 3 is 2.41 bits per heavy atom. The Morgan fingerprint density at radius 1 is 1.08 bits per heavy atom. The van der Waals surface area contributed by atoms with Crippen molar-refractivity contribution >= 4 is 23.7 Å². The number of aliphatic hydroxyl groups is 1. The Kier molecular flexibility index (Phi) is 12.1. The summed E-state index contributed by atoms with van der Waals surface area (Å²) in [7, 11) is 0. The maximum absolute atomic E-state index is 14.8. The molecule has 0 aliphatic carbocycles. The Balaban J connectivity index is 1.49. The van der Waals surface area contributed by atoms with Gasteiger partial charge in [-0.3, -0.25) is 19.2 Å². The number of fused-ring (bicyclic) bond motifs is 1. The summed E-state index contributed by atoms with van der Waals surface area (Å²) in [6.45, 7) is 9.92. The van der Waals surface area contributed by atoms with Gasteiger partial charge in [-0.25, -0.2) is 0 Å². The number of hydrogen-bond donors (Lipinski definition) is 2. The fourth-order valence-corrected chi connectivity index (χ4v) is 7.85. The summed E-state index contributed by atoms with van der Waals surface area (Å²) in [6.07, 6.45) is 7.05. The number of amides is 3. The Labute approximate surface area is 289 Å². The fourth-order valence-electron chi connectivity index (χ4n) is 7.85. The van der Waals surface area contributed by atoms with E-state index in [1.165, 1.54) is 4.90 Å². The fraction of sp³-hybridized carbons (Fsp3) is 0.487. The number of aliphatic hydroxyl groups excluding tert-OH is 1. The highest BCUT2D eigenvalue weighted by Crippen LogP contribution is 2.60. The van der Waals surface area contributed by atoms with Crippen LogP contribution in [0.4, 0.5) is 0 Å². The first-order valence-corrected chi connectivity index (χ1v) is 17.5. The van der Waals surface area contributed by atoms with Gasteiger partial charge in [-0.1, -0.05) is 92.6 Å². The van der Waals surface area contributed by atoms with Crippen LogP contribution in [0.25, 0.3) is 0 Å². The van der Waals surface area contributed by atoms with Crippen LogP contribution < -0.4 is 5.32 Å². The molecular formula is C39H49N3O7.